The van der Waals surface area contributed by atoms with Gasteiger partial charge >= 0.3 is 0 Å². The zero-order chi connectivity index (χ0) is 13.8. The molecule has 1 aromatic carbocycles. The number of ether oxygens (including phenoxy) is 1. The van der Waals surface area contributed by atoms with Crippen LogP contribution in [0.2, 0.25) is 0 Å². The third-order valence-electron chi connectivity index (χ3n) is 2.62. The van der Waals surface area contributed by atoms with Crippen molar-refractivity contribution in [3.63, 3.8) is 0 Å². The summed E-state index contributed by atoms with van der Waals surface area (Å²) in [5.41, 5.74) is 0. The highest BCUT2D eigenvalue weighted by Crippen LogP contribution is 2.26. The van der Waals surface area contributed by atoms with Crippen LogP contribution in [0.4, 0.5) is 0 Å². The van der Waals surface area contributed by atoms with Crippen molar-refractivity contribution in [2.45, 2.75) is 10.6 Å². The van der Waals surface area contributed by atoms with Gasteiger partial charge in [0.2, 0.25) is 5.89 Å². The first-order valence-electron chi connectivity index (χ1n) is 5.98. The first-order valence-corrected chi connectivity index (χ1v) is 6.97. The number of hydrogen-bond donors (Lipinski definition) is 0. The van der Waals surface area contributed by atoms with Crippen molar-refractivity contribution in [3.05, 3.63) is 48.6 Å². The monoisotopic (exact) mass is 288 g/mol. The molecule has 102 valence electrons. The average molecular weight is 288 g/mol. The summed E-state index contributed by atoms with van der Waals surface area (Å²) in [6.07, 6.45) is 1.57. The molecule has 0 aliphatic heterocycles. The first-order chi connectivity index (χ1) is 9.85. The van der Waals surface area contributed by atoms with E-state index in [1.807, 2.05) is 24.3 Å². The minimum atomic E-state index is 0.403. The maximum atomic E-state index is 5.53. The Morgan fingerprint density at radius 1 is 1.15 bits per heavy atom. The molecule has 0 radical (unpaired) electrons. The van der Waals surface area contributed by atoms with E-state index < -0.39 is 0 Å². The molecule has 6 heteroatoms. The van der Waals surface area contributed by atoms with E-state index in [4.69, 9.17) is 13.6 Å². The molecule has 5 nitrogen and oxygen atoms in total. The van der Waals surface area contributed by atoms with Gasteiger partial charge in [0.25, 0.3) is 5.89 Å². The van der Waals surface area contributed by atoms with Crippen LogP contribution in [0.3, 0.4) is 0 Å². The SMILES string of the molecule is COc1ccc(SCc2nnc(-c3ccco3)o2)cc1. The van der Waals surface area contributed by atoms with E-state index in [0.717, 1.165) is 10.6 Å². The lowest BCUT2D eigenvalue weighted by atomic mass is 10.3. The maximum absolute atomic E-state index is 5.53. The van der Waals surface area contributed by atoms with Gasteiger partial charge in [-0.2, -0.15) is 0 Å². The molecule has 0 unspecified atom stereocenters. The van der Waals surface area contributed by atoms with Gasteiger partial charge in [0.05, 0.1) is 19.1 Å². The zero-order valence-corrected chi connectivity index (χ0v) is 11.6. The van der Waals surface area contributed by atoms with Crippen molar-refractivity contribution in [1.82, 2.24) is 10.2 Å². The largest absolute Gasteiger partial charge is 0.497 e. The van der Waals surface area contributed by atoms with Crippen LogP contribution in [0.5, 0.6) is 5.75 Å². The summed E-state index contributed by atoms with van der Waals surface area (Å²) < 4.78 is 15.9. The van der Waals surface area contributed by atoms with Crippen LogP contribution in [0, 0.1) is 0 Å². The van der Waals surface area contributed by atoms with Gasteiger partial charge in [-0.25, -0.2) is 0 Å². The van der Waals surface area contributed by atoms with Gasteiger partial charge in [0, 0.05) is 4.90 Å². The molecule has 2 aromatic heterocycles. The molecule has 0 bridgehead atoms. The Labute approximate surface area is 120 Å². The van der Waals surface area contributed by atoms with Gasteiger partial charge in [0.15, 0.2) is 5.76 Å². The second kappa shape index (κ2) is 5.83. The molecule has 2 heterocycles. The van der Waals surface area contributed by atoms with Crippen LogP contribution in [0.15, 0.2) is 56.4 Å². The Morgan fingerprint density at radius 2 is 2.00 bits per heavy atom. The molecule has 0 aliphatic rings. The molecule has 0 saturated heterocycles. The molecule has 0 fully saturated rings. The van der Waals surface area contributed by atoms with Crippen molar-refractivity contribution in [3.8, 4) is 17.4 Å². The summed E-state index contributed by atoms with van der Waals surface area (Å²) in [6.45, 7) is 0. The normalized spacial score (nSPS) is 10.7. The number of hydrogen-bond acceptors (Lipinski definition) is 6. The van der Waals surface area contributed by atoms with Gasteiger partial charge in [-0.3, -0.25) is 0 Å². The molecule has 0 atom stereocenters. The summed E-state index contributed by atoms with van der Waals surface area (Å²) in [7, 11) is 1.65. The third kappa shape index (κ3) is 2.85. The van der Waals surface area contributed by atoms with Gasteiger partial charge in [-0.05, 0) is 36.4 Å². The number of methoxy groups -OCH3 is 1. The fraction of sp³-hybridized carbons (Fsp3) is 0.143. The minimum Gasteiger partial charge on any atom is -0.497 e. The van der Waals surface area contributed by atoms with Crippen molar-refractivity contribution in [1.29, 1.82) is 0 Å². The molecule has 0 saturated carbocycles. The van der Waals surface area contributed by atoms with Gasteiger partial charge < -0.3 is 13.6 Å². The Kier molecular flexibility index (Phi) is 3.73. The van der Waals surface area contributed by atoms with Crippen LogP contribution in [0.1, 0.15) is 5.89 Å². The van der Waals surface area contributed by atoms with Crippen molar-refractivity contribution >= 4 is 11.8 Å². The number of thioether (sulfide) groups is 1. The van der Waals surface area contributed by atoms with E-state index in [1.165, 1.54) is 0 Å². The topological polar surface area (TPSA) is 61.3 Å². The molecular weight excluding hydrogens is 276 g/mol. The molecule has 0 amide bonds. The van der Waals surface area contributed by atoms with Crippen molar-refractivity contribution in [2.24, 2.45) is 0 Å². The lowest BCUT2D eigenvalue weighted by Gasteiger charge is -2.01. The summed E-state index contributed by atoms with van der Waals surface area (Å²) in [5, 5.41) is 7.95. The molecular formula is C14H12N2O3S. The summed E-state index contributed by atoms with van der Waals surface area (Å²) in [4.78, 5) is 1.11. The fourth-order valence-electron chi connectivity index (χ4n) is 1.63. The van der Waals surface area contributed by atoms with E-state index in [-0.39, 0.29) is 0 Å². The molecule has 0 spiro atoms. The van der Waals surface area contributed by atoms with E-state index in [2.05, 4.69) is 10.2 Å². The number of aromatic nitrogens is 2. The number of furan rings is 1. The number of benzene rings is 1. The molecule has 3 rings (SSSR count). The van der Waals surface area contributed by atoms with E-state index >= 15 is 0 Å². The lowest BCUT2D eigenvalue weighted by molar-refractivity contribution is 0.414. The highest BCUT2D eigenvalue weighted by Gasteiger charge is 2.10. The summed E-state index contributed by atoms with van der Waals surface area (Å²) >= 11 is 1.62. The summed E-state index contributed by atoms with van der Waals surface area (Å²) in [6, 6.07) is 11.4. The lowest BCUT2D eigenvalue weighted by Crippen LogP contribution is -1.83. The predicted molar refractivity (Wildman–Crippen MR) is 74.6 cm³/mol. The highest BCUT2D eigenvalue weighted by atomic mass is 32.2. The van der Waals surface area contributed by atoms with Gasteiger partial charge in [-0.15, -0.1) is 22.0 Å². The van der Waals surface area contributed by atoms with Gasteiger partial charge in [-0.1, -0.05) is 0 Å². The van der Waals surface area contributed by atoms with Crippen LogP contribution >= 0.6 is 11.8 Å². The Hall–Kier alpha value is -2.21. The van der Waals surface area contributed by atoms with E-state index in [9.17, 15) is 0 Å². The van der Waals surface area contributed by atoms with Crippen LogP contribution < -0.4 is 4.74 Å². The second-order valence-corrected chi connectivity index (χ2v) is 4.99. The third-order valence-corrected chi connectivity index (χ3v) is 3.62. The van der Waals surface area contributed by atoms with E-state index in [0.29, 0.717) is 23.3 Å². The minimum absolute atomic E-state index is 0.403. The Bertz CT molecular complexity index is 662. The van der Waals surface area contributed by atoms with Crippen LogP contribution in [-0.4, -0.2) is 17.3 Å². The maximum Gasteiger partial charge on any atom is 0.283 e. The Morgan fingerprint density at radius 3 is 2.70 bits per heavy atom. The molecule has 0 N–H and O–H groups in total. The second-order valence-electron chi connectivity index (χ2n) is 3.94. The number of rotatable bonds is 5. The van der Waals surface area contributed by atoms with E-state index in [1.54, 1.807) is 37.3 Å². The molecule has 20 heavy (non-hydrogen) atoms. The zero-order valence-electron chi connectivity index (χ0n) is 10.8. The first kappa shape index (κ1) is 12.8. The fourth-order valence-corrected chi connectivity index (χ4v) is 2.36. The van der Waals surface area contributed by atoms with Gasteiger partial charge in [0.1, 0.15) is 5.75 Å². The predicted octanol–water partition coefficient (Wildman–Crippen LogP) is 3.63. The quantitative estimate of drug-likeness (QED) is 0.668. The molecule has 3 aromatic rings. The van der Waals surface area contributed by atoms with Crippen LogP contribution in [0.25, 0.3) is 11.7 Å². The van der Waals surface area contributed by atoms with Crippen molar-refractivity contribution in [2.75, 3.05) is 7.11 Å². The smallest absolute Gasteiger partial charge is 0.283 e. The van der Waals surface area contributed by atoms with Crippen molar-refractivity contribution < 1.29 is 13.6 Å². The summed E-state index contributed by atoms with van der Waals surface area (Å²) in [5.74, 6) is 3.00. The highest BCUT2D eigenvalue weighted by molar-refractivity contribution is 7.98. The Balaban J connectivity index is 1.63. The molecule has 0 aliphatic carbocycles. The number of nitrogens with zero attached hydrogens (tertiary/aromatic N) is 2. The standard InChI is InChI=1S/C14H12N2O3S/c1-17-10-4-6-11(7-5-10)20-9-13-15-16-14(19-13)12-3-2-8-18-12/h2-8H,9H2,1H3. The average Bonchev–Trinajstić information content (AvgIpc) is 3.16. The van der Waals surface area contributed by atoms with Crippen LogP contribution in [-0.2, 0) is 5.75 Å².